The summed E-state index contributed by atoms with van der Waals surface area (Å²) < 4.78 is 0. The van der Waals surface area contributed by atoms with Crippen LogP contribution < -0.4 is 10.6 Å². The van der Waals surface area contributed by atoms with Crippen molar-refractivity contribution in [1.82, 2.24) is 15.6 Å². The van der Waals surface area contributed by atoms with E-state index in [1.807, 2.05) is 6.92 Å². The lowest BCUT2D eigenvalue weighted by Crippen LogP contribution is -2.24. The van der Waals surface area contributed by atoms with Gasteiger partial charge < -0.3 is 10.6 Å². The van der Waals surface area contributed by atoms with E-state index in [0.717, 1.165) is 25.3 Å². The third-order valence-corrected chi connectivity index (χ3v) is 3.24. The van der Waals surface area contributed by atoms with E-state index in [2.05, 4.69) is 34.8 Å². The van der Waals surface area contributed by atoms with E-state index in [1.54, 1.807) is 11.3 Å². The Kier molecular flexibility index (Phi) is 6.61. The number of aryl methyl sites for hydroxylation is 1. The minimum Gasteiger partial charge on any atom is -0.315 e. The number of thiazole rings is 1. The molecule has 0 amide bonds. The molecule has 1 heterocycles. The van der Waals surface area contributed by atoms with Gasteiger partial charge >= 0.3 is 0 Å². The van der Waals surface area contributed by atoms with Gasteiger partial charge in [0.05, 0.1) is 0 Å². The summed E-state index contributed by atoms with van der Waals surface area (Å²) >= 11 is 1.74. The Hall–Kier alpha value is -0.450. The van der Waals surface area contributed by atoms with E-state index < -0.39 is 0 Å². The number of hydrogen-bond donors (Lipinski definition) is 2. The molecule has 3 nitrogen and oxygen atoms in total. The van der Waals surface area contributed by atoms with Crippen molar-refractivity contribution < 1.29 is 0 Å². The summed E-state index contributed by atoms with van der Waals surface area (Å²) in [7, 11) is 0. The van der Waals surface area contributed by atoms with Gasteiger partial charge in [0, 0.05) is 23.7 Å². The Balaban J connectivity index is 1.92. The van der Waals surface area contributed by atoms with Crippen molar-refractivity contribution in [2.24, 2.45) is 0 Å². The molecule has 0 saturated heterocycles. The second-order valence-electron chi connectivity index (χ2n) is 4.38. The van der Waals surface area contributed by atoms with E-state index in [0.29, 0.717) is 6.04 Å². The Labute approximate surface area is 103 Å². The number of unbranched alkanes of at least 4 members (excludes halogenated alkanes) is 1. The van der Waals surface area contributed by atoms with Gasteiger partial charge in [-0.05, 0) is 32.9 Å². The standard InChI is InChI=1S/C12H23N3S/c1-10(2)14-7-5-4-6-13-8-12-15-11(3)9-16-12/h9-10,13-14H,4-8H2,1-3H3. The third kappa shape index (κ3) is 6.20. The molecule has 2 N–H and O–H groups in total. The largest absolute Gasteiger partial charge is 0.315 e. The van der Waals surface area contributed by atoms with Gasteiger partial charge in [0.15, 0.2) is 0 Å². The van der Waals surface area contributed by atoms with Crippen LogP contribution in [0.3, 0.4) is 0 Å². The average Bonchev–Trinajstić information content (AvgIpc) is 2.62. The highest BCUT2D eigenvalue weighted by atomic mass is 32.1. The number of hydrogen-bond acceptors (Lipinski definition) is 4. The van der Waals surface area contributed by atoms with Crippen molar-refractivity contribution in [2.75, 3.05) is 13.1 Å². The zero-order valence-electron chi connectivity index (χ0n) is 10.5. The van der Waals surface area contributed by atoms with Crippen molar-refractivity contribution in [3.8, 4) is 0 Å². The first-order valence-corrected chi connectivity index (χ1v) is 6.91. The molecule has 1 rings (SSSR count). The summed E-state index contributed by atoms with van der Waals surface area (Å²) in [6, 6.07) is 0.603. The molecule has 0 aliphatic carbocycles. The maximum atomic E-state index is 4.41. The Morgan fingerprint density at radius 1 is 1.31 bits per heavy atom. The minimum atomic E-state index is 0.603. The van der Waals surface area contributed by atoms with Crippen molar-refractivity contribution in [3.05, 3.63) is 16.1 Å². The van der Waals surface area contributed by atoms with E-state index in [4.69, 9.17) is 0 Å². The van der Waals surface area contributed by atoms with Gasteiger partial charge in [-0.1, -0.05) is 13.8 Å². The zero-order valence-corrected chi connectivity index (χ0v) is 11.4. The summed E-state index contributed by atoms with van der Waals surface area (Å²) in [6.07, 6.45) is 2.46. The van der Waals surface area contributed by atoms with Gasteiger partial charge in [-0.3, -0.25) is 0 Å². The predicted molar refractivity (Wildman–Crippen MR) is 70.9 cm³/mol. The van der Waals surface area contributed by atoms with Crippen molar-refractivity contribution >= 4 is 11.3 Å². The molecule has 1 aromatic heterocycles. The van der Waals surface area contributed by atoms with Gasteiger partial charge in [0.1, 0.15) is 5.01 Å². The fourth-order valence-corrected chi connectivity index (χ4v) is 2.19. The van der Waals surface area contributed by atoms with Gasteiger partial charge in [-0.25, -0.2) is 4.98 Å². The lowest BCUT2D eigenvalue weighted by Gasteiger charge is -2.07. The summed E-state index contributed by atoms with van der Waals surface area (Å²) in [6.45, 7) is 9.52. The van der Waals surface area contributed by atoms with Crippen LogP contribution in [-0.2, 0) is 6.54 Å². The summed E-state index contributed by atoms with van der Waals surface area (Å²) in [5.74, 6) is 0. The van der Waals surface area contributed by atoms with Gasteiger partial charge in [-0.2, -0.15) is 0 Å². The van der Waals surface area contributed by atoms with Gasteiger partial charge in [-0.15, -0.1) is 11.3 Å². The van der Waals surface area contributed by atoms with E-state index in [9.17, 15) is 0 Å². The van der Waals surface area contributed by atoms with Crippen molar-refractivity contribution in [2.45, 2.75) is 46.2 Å². The Bertz CT molecular complexity index is 284. The molecule has 0 spiro atoms. The number of nitrogens with zero attached hydrogens (tertiary/aromatic N) is 1. The van der Waals surface area contributed by atoms with Crippen LogP contribution in [0.5, 0.6) is 0 Å². The average molecular weight is 241 g/mol. The first-order chi connectivity index (χ1) is 7.68. The van der Waals surface area contributed by atoms with Crippen LogP contribution in [-0.4, -0.2) is 24.1 Å². The van der Waals surface area contributed by atoms with Crippen LogP contribution >= 0.6 is 11.3 Å². The first-order valence-electron chi connectivity index (χ1n) is 6.03. The zero-order chi connectivity index (χ0) is 11.8. The highest BCUT2D eigenvalue weighted by Gasteiger charge is 1.97. The topological polar surface area (TPSA) is 37.0 Å². The van der Waals surface area contributed by atoms with Crippen LogP contribution in [0.1, 0.15) is 37.4 Å². The maximum Gasteiger partial charge on any atom is 0.107 e. The van der Waals surface area contributed by atoms with Gasteiger partial charge in [0.25, 0.3) is 0 Å². The fourth-order valence-electron chi connectivity index (χ4n) is 1.44. The van der Waals surface area contributed by atoms with Crippen LogP contribution in [0.25, 0.3) is 0 Å². The van der Waals surface area contributed by atoms with E-state index in [1.165, 1.54) is 17.8 Å². The smallest absolute Gasteiger partial charge is 0.107 e. The lowest BCUT2D eigenvalue weighted by molar-refractivity contribution is 0.541. The SMILES string of the molecule is Cc1csc(CNCCCCNC(C)C)n1. The first kappa shape index (κ1) is 13.6. The van der Waals surface area contributed by atoms with Crippen LogP contribution in [0.15, 0.2) is 5.38 Å². The van der Waals surface area contributed by atoms with E-state index in [-0.39, 0.29) is 0 Å². The molecule has 92 valence electrons. The predicted octanol–water partition coefficient (Wildman–Crippen LogP) is 2.32. The molecule has 0 bridgehead atoms. The van der Waals surface area contributed by atoms with Crippen LogP contribution in [0.2, 0.25) is 0 Å². The lowest BCUT2D eigenvalue weighted by atomic mass is 10.3. The molecule has 16 heavy (non-hydrogen) atoms. The van der Waals surface area contributed by atoms with Crippen LogP contribution in [0.4, 0.5) is 0 Å². The molecule has 4 heteroatoms. The van der Waals surface area contributed by atoms with Gasteiger partial charge in [0.2, 0.25) is 0 Å². The number of nitrogens with one attached hydrogen (secondary N) is 2. The second-order valence-corrected chi connectivity index (χ2v) is 5.32. The number of aromatic nitrogens is 1. The highest BCUT2D eigenvalue weighted by Crippen LogP contribution is 2.07. The maximum absolute atomic E-state index is 4.41. The molecule has 0 radical (unpaired) electrons. The quantitative estimate of drug-likeness (QED) is 0.686. The third-order valence-electron chi connectivity index (χ3n) is 2.28. The molecule has 0 aliphatic rings. The second kappa shape index (κ2) is 7.76. The summed E-state index contributed by atoms with van der Waals surface area (Å²) in [5, 5.41) is 10.1. The molecule has 1 aromatic rings. The molecular weight excluding hydrogens is 218 g/mol. The van der Waals surface area contributed by atoms with E-state index >= 15 is 0 Å². The molecular formula is C12H23N3S. The Morgan fingerprint density at radius 3 is 2.69 bits per heavy atom. The highest BCUT2D eigenvalue weighted by molar-refractivity contribution is 7.09. The fraction of sp³-hybridized carbons (Fsp3) is 0.750. The summed E-state index contributed by atoms with van der Waals surface area (Å²) in [4.78, 5) is 4.41. The number of rotatable bonds is 8. The molecule has 0 atom stereocenters. The normalized spacial score (nSPS) is 11.2. The molecule has 0 saturated carbocycles. The molecule has 0 aromatic carbocycles. The van der Waals surface area contributed by atoms with Crippen LogP contribution in [0, 0.1) is 6.92 Å². The molecule has 0 fully saturated rings. The molecule has 0 aliphatic heterocycles. The van der Waals surface area contributed by atoms with Crippen molar-refractivity contribution in [1.29, 1.82) is 0 Å². The van der Waals surface area contributed by atoms with Crippen molar-refractivity contribution in [3.63, 3.8) is 0 Å². The summed E-state index contributed by atoms with van der Waals surface area (Å²) in [5.41, 5.74) is 1.13. The minimum absolute atomic E-state index is 0.603. The monoisotopic (exact) mass is 241 g/mol. The Morgan fingerprint density at radius 2 is 2.06 bits per heavy atom. The molecule has 0 unspecified atom stereocenters.